The summed E-state index contributed by atoms with van der Waals surface area (Å²) in [6, 6.07) is 8.23. The standard InChI is InChI=1S/C15H18BrN3/c1-10-13(11-4-6-12(16)7-5-11)19-14(18-10)15(17)8-2-3-9-15/h4-7H,2-3,8-9,17H2,1H3,(H,18,19). The van der Waals surface area contributed by atoms with E-state index in [4.69, 9.17) is 10.7 Å². The number of aromatic nitrogens is 2. The second-order valence-corrected chi connectivity index (χ2v) is 6.34. The van der Waals surface area contributed by atoms with E-state index >= 15 is 0 Å². The van der Waals surface area contributed by atoms with E-state index < -0.39 is 0 Å². The first kappa shape index (κ1) is 12.9. The van der Waals surface area contributed by atoms with Gasteiger partial charge in [-0.3, -0.25) is 0 Å². The van der Waals surface area contributed by atoms with E-state index in [1.165, 1.54) is 12.8 Å². The highest BCUT2D eigenvalue weighted by Crippen LogP contribution is 2.36. The molecule has 1 aliphatic carbocycles. The zero-order chi connectivity index (χ0) is 13.5. The second kappa shape index (κ2) is 4.76. The van der Waals surface area contributed by atoms with Gasteiger partial charge in [-0.2, -0.15) is 0 Å². The Bertz CT molecular complexity index is 580. The molecule has 19 heavy (non-hydrogen) atoms. The number of halogens is 1. The van der Waals surface area contributed by atoms with E-state index in [9.17, 15) is 0 Å². The summed E-state index contributed by atoms with van der Waals surface area (Å²) < 4.78 is 1.08. The third-order valence-electron chi connectivity index (χ3n) is 3.97. The number of benzene rings is 1. The number of hydrogen-bond donors (Lipinski definition) is 2. The predicted octanol–water partition coefficient (Wildman–Crippen LogP) is 3.88. The molecular formula is C15H18BrN3. The van der Waals surface area contributed by atoms with Crippen LogP contribution in [-0.2, 0) is 5.54 Å². The van der Waals surface area contributed by atoms with Gasteiger partial charge in [0.15, 0.2) is 0 Å². The number of H-pyrrole nitrogens is 1. The van der Waals surface area contributed by atoms with Crippen LogP contribution < -0.4 is 5.73 Å². The first-order valence-electron chi connectivity index (χ1n) is 6.70. The summed E-state index contributed by atoms with van der Waals surface area (Å²) in [6.07, 6.45) is 4.45. The summed E-state index contributed by atoms with van der Waals surface area (Å²) in [4.78, 5) is 8.16. The van der Waals surface area contributed by atoms with Crippen molar-refractivity contribution in [1.82, 2.24) is 9.97 Å². The highest BCUT2D eigenvalue weighted by molar-refractivity contribution is 9.10. The molecule has 4 heteroatoms. The van der Waals surface area contributed by atoms with Crippen molar-refractivity contribution in [3.63, 3.8) is 0 Å². The Balaban J connectivity index is 1.99. The summed E-state index contributed by atoms with van der Waals surface area (Å²) in [5.41, 5.74) is 9.45. The molecule has 0 spiro atoms. The maximum Gasteiger partial charge on any atom is 0.127 e. The van der Waals surface area contributed by atoms with E-state index in [-0.39, 0.29) is 5.54 Å². The Kier molecular flexibility index (Phi) is 3.23. The number of nitrogens with zero attached hydrogens (tertiary/aromatic N) is 1. The molecule has 0 unspecified atom stereocenters. The summed E-state index contributed by atoms with van der Waals surface area (Å²) in [5, 5.41) is 0. The lowest BCUT2D eigenvalue weighted by molar-refractivity contribution is 0.435. The molecule has 1 heterocycles. The smallest absolute Gasteiger partial charge is 0.127 e. The Morgan fingerprint density at radius 2 is 1.84 bits per heavy atom. The molecule has 0 saturated heterocycles. The van der Waals surface area contributed by atoms with E-state index in [0.717, 1.165) is 40.1 Å². The zero-order valence-electron chi connectivity index (χ0n) is 11.0. The van der Waals surface area contributed by atoms with Crippen LogP contribution in [0, 0.1) is 6.92 Å². The maximum atomic E-state index is 6.46. The number of aromatic amines is 1. The van der Waals surface area contributed by atoms with Crippen LogP contribution >= 0.6 is 15.9 Å². The average molecular weight is 320 g/mol. The fourth-order valence-electron chi connectivity index (χ4n) is 2.83. The minimum atomic E-state index is -0.252. The monoisotopic (exact) mass is 319 g/mol. The van der Waals surface area contributed by atoms with Crippen LogP contribution in [0.25, 0.3) is 11.3 Å². The molecule has 0 aliphatic heterocycles. The Hall–Kier alpha value is -1.13. The van der Waals surface area contributed by atoms with Crippen molar-refractivity contribution in [3.8, 4) is 11.3 Å². The van der Waals surface area contributed by atoms with Gasteiger partial charge in [0.05, 0.1) is 11.2 Å². The highest BCUT2D eigenvalue weighted by atomic mass is 79.9. The van der Waals surface area contributed by atoms with Gasteiger partial charge >= 0.3 is 0 Å². The van der Waals surface area contributed by atoms with Crippen molar-refractivity contribution in [2.75, 3.05) is 0 Å². The van der Waals surface area contributed by atoms with Crippen LogP contribution in [0.4, 0.5) is 0 Å². The van der Waals surface area contributed by atoms with E-state index in [2.05, 4.69) is 40.0 Å². The van der Waals surface area contributed by atoms with Crippen LogP contribution in [0.3, 0.4) is 0 Å². The number of aryl methyl sites for hydroxylation is 1. The molecule has 1 aromatic carbocycles. The van der Waals surface area contributed by atoms with E-state index in [0.29, 0.717) is 0 Å². The molecule has 1 aliphatic rings. The Morgan fingerprint density at radius 3 is 2.47 bits per heavy atom. The molecule has 2 aromatic rings. The number of nitrogens with one attached hydrogen (secondary N) is 1. The number of nitrogens with two attached hydrogens (primary N) is 1. The highest BCUT2D eigenvalue weighted by Gasteiger charge is 2.34. The van der Waals surface area contributed by atoms with Crippen LogP contribution in [0.15, 0.2) is 28.7 Å². The van der Waals surface area contributed by atoms with Crippen molar-refractivity contribution in [2.45, 2.75) is 38.1 Å². The summed E-state index contributed by atoms with van der Waals surface area (Å²) in [5.74, 6) is 0.945. The van der Waals surface area contributed by atoms with Crippen molar-refractivity contribution in [1.29, 1.82) is 0 Å². The number of imidazole rings is 1. The summed E-state index contributed by atoms with van der Waals surface area (Å²) in [6.45, 7) is 2.06. The van der Waals surface area contributed by atoms with Crippen LogP contribution in [0.5, 0.6) is 0 Å². The van der Waals surface area contributed by atoms with Crippen molar-refractivity contribution in [3.05, 3.63) is 40.3 Å². The van der Waals surface area contributed by atoms with Crippen LogP contribution in [0.2, 0.25) is 0 Å². The lowest BCUT2D eigenvalue weighted by Gasteiger charge is -2.20. The fourth-order valence-corrected chi connectivity index (χ4v) is 3.09. The van der Waals surface area contributed by atoms with Gasteiger partial charge in [-0.05, 0) is 31.9 Å². The van der Waals surface area contributed by atoms with Crippen molar-refractivity contribution in [2.24, 2.45) is 5.73 Å². The molecule has 0 radical (unpaired) electrons. The maximum absolute atomic E-state index is 6.46. The molecule has 3 N–H and O–H groups in total. The topological polar surface area (TPSA) is 54.7 Å². The quantitative estimate of drug-likeness (QED) is 0.882. The summed E-state index contributed by atoms with van der Waals surface area (Å²) in [7, 11) is 0. The summed E-state index contributed by atoms with van der Waals surface area (Å²) >= 11 is 3.46. The largest absolute Gasteiger partial charge is 0.344 e. The van der Waals surface area contributed by atoms with Gasteiger partial charge in [-0.15, -0.1) is 0 Å². The molecule has 1 aromatic heterocycles. The molecule has 1 saturated carbocycles. The molecule has 3 rings (SSSR count). The van der Waals surface area contributed by atoms with Crippen molar-refractivity contribution < 1.29 is 0 Å². The third kappa shape index (κ3) is 2.35. The Labute approximate surface area is 121 Å². The van der Waals surface area contributed by atoms with Crippen LogP contribution in [-0.4, -0.2) is 9.97 Å². The molecule has 3 nitrogen and oxygen atoms in total. The van der Waals surface area contributed by atoms with E-state index in [1.807, 2.05) is 12.1 Å². The van der Waals surface area contributed by atoms with Crippen LogP contribution in [0.1, 0.15) is 37.2 Å². The van der Waals surface area contributed by atoms with Gasteiger partial charge in [0.25, 0.3) is 0 Å². The SMILES string of the molecule is Cc1[nH]c(C2(N)CCCC2)nc1-c1ccc(Br)cc1. The molecular weight excluding hydrogens is 302 g/mol. The third-order valence-corrected chi connectivity index (χ3v) is 4.50. The van der Waals surface area contributed by atoms with Gasteiger partial charge < -0.3 is 10.7 Å². The average Bonchev–Trinajstić information content (AvgIpc) is 2.98. The van der Waals surface area contributed by atoms with Crippen molar-refractivity contribution >= 4 is 15.9 Å². The van der Waals surface area contributed by atoms with Gasteiger partial charge in [-0.1, -0.05) is 40.9 Å². The molecule has 1 fully saturated rings. The molecule has 0 amide bonds. The fraction of sp³-hybridized carbons (Fsp3) is 0.400. The first-order chi connectivity index (χ1) is 9.08. The lowest BCUT2D eigenvalue weighted by atomic mass is 9.99. The minimum Gasteiger partial charge on any atom is -0.344 e. The normalized spacial score (nSPS) is 17.8. The number of hydrogen-bond acceptors (Lipinski definition) is 2. The molecule has 0 atom stereocenters. The predicted molar refractivity (Wildman–Crippen MR) is 80.8 cm³/mol. The zero-order valence-corrected chi connectivity index (χ0v) is 12.6. The number of rotatable bonds is 2. The van der Waals surface area contributed by atoms with Gasteiger partial charge in [0.1, 0.15) is 5.82 Å². The molecule has 100 valence electrons. The lowest BCUT2D eigenvalue weighted by Crippen LogP contribution is -2.34. The second-order valence-electron chi connectivity index (χ2n) is 5.43. The molecule has 0 bridgehead atoms. The Morgan fingerprint density at radius 1 is 1.21 bits per heavy atom. The minimum absolute atomic E-state index is 0.252. The van der Waals surface area contributed by atoms with Gasteiger partial charge in [0, 0.05) is 15.7 Å². The first-order valence-corrected chi connectivity index (χ1v) is 7.50. The van der Waals surface area contributed by atoms with Gasteiger partial charge in [-0.25, -0.2) is 4.98 Å². The van der Waals surface area contributed by atoms with Gasteiger partial charge in [0.2, 0.25) is 0 Å². The van der Waals surface area contributed by atoms with E-state index in [1.54, 1.807) is 0 Å².